The lowest BCUT2D eigenvalue weighted by atomic mass is 10.1. The molecular weight excluding hydrogens is 401 g/mol. The second kappa shape index (κ2) is 7.70. The van der Waals surface area contributed by atoms with Crippen molar-refractivity contribution in [1.29, 1.82) is 0 Å². The summed E-state index contributed by atoms with van der Waals surface area (Å²) in [7, 11) is 0. The van der Waals surface area contributed by atoms with Crippen LogP contribution >= 0.6 is 34.5 Å². The Labute approximate surface area is 162 Å². The molecule has 0 fully saturated rings. The molecule has 0 saturated carbocycles. The van der Waals surface area contributed by atoms with Gasteiger partial charge in [0.2, 0.25) is 5.91 Å². The van der Waals surface area contributed by atoms with Crippen LogP contribution in [0.4, 0.5) is 13.9 Å². The molecule has 1 N–H and O–H groups in total. The second-order valence-corrected chi connectivity index (χ2v) is 7.50. The number of carbonyl (C=O) groups excluding carboxylic acids is 1. The number of hydrogen-bond acceptors (Lipinski definition) is 3. The maximum Gasteiger partial charge on any atom is 0.230 e. The fourth-order valence-electron chi connectivity index (χ4n) is 2.39. The van der Waals surface area contributed by atoms with Crippen molar-refractivity contribution in [2.24, 2.45) is 0 Å². The fourth-order valence-corrected chi connectivity index (χ4v) is 3.77. The number of aryl methyl sites for hydroxylation is 1. The first-order valence-corrected chi connectivity index (χ1v) is 9.08. The van der Waals surface area contributed by atoms with Gasteiger partial charge in [0.05, 0.1) is 12.1 Å². The minimum atomic E-state index is -0.950. The van der Waals surface area contributed by atoms with Gasteiger partial charge in [0.1, 0.15) is 0 Å². The van der Waals surface area contributed by atoms with E-state index < -0.39 is 11.6 Å². The molecule has 0 atom stereocenters. The van der Waals surface area contributed by atoms with Crippen molar-refractivity contribution in [3.63, 3.8) is 0 Å². The van der Waals surface area contributed by atoms with Gasteiger partial charge in [-0.2, -0.15) is 0 Å². The van der Waals surface area contributed by atoms with Gasteiger partial charge in [-0.05, 0) is 42.8 Å². The lowest BCUT2D eigenvalue weighted by Crippen LogP contribution is -2.14. The molecule has 1 amide bonds. The first-order chi connectivity index (χ1) is 12.3. The molecule has 8 heteroatoms. The Morgan fingerprint density at radius 1 is 1.15 bits per heavy atom. The molecule has 3 nitrogen and oxygen atoms in total. The van der Waals surface area contributed by atoms with Crippen LogP contribution in [0.1, 0.15) is 10.4 Å². The van der Waals surface area contributed by atoms with Crippen molar-refractivity contribution in [3.8, 4) is 11.3 Å². The number of aromatic nitrogens is 1. The number of amides is 1. The van der Waals surface area contributed by atoms with Crippen LogP contribution in [0.15, 0.2) is 36.4 Å². The predicted molar refractivity (Wildman–Crippen MR) is 101 cm³/mol. The third kappa shape index (κ3) is 4.03. The van der Waals surface area contributed by atoms with Crippen LogP contribution in [-0.2, 0) is 11.2 Å². The van der Waals surface area contributed by atoms with E-state index in [1.54, 1.807) is 25.1 Å². The van der Waals surface area contributed by atoms with E-state index in [-0.39, 0.29) is 12.3 Å². The molecule has 0 spiro atoms. The monoisotopic (exact) mass is 412 g/mol. The Balaban J connectivity index is 1.79. The Kier molecular flexibility index (Phi) is 5.55. The summed E-state index contributed by atoms with van der Waals surface area (Å²) in [6.45, 7) is 1.79. The molecule has 0 bridgehead atoms. The van der Waals surface area contributed by atoms with E-state index in [0.717, 1.165) is 17.0 Å². The molecule has 134 valence electrons. The van der Waals surface area contributed by atoms with E-state index in [1.165, 1.54) is 17.4 Å². The molecule has 0 aliphatic heterocycles. The number of carbonyl (C=O) groups is 1. The maximum atomic E-state index is 13.4. The van der Waals surface area contributed by atoms with Gasteiger partial charge in [-0.25, -0.2) is 13.8 Å². The third-order valence-corrected chi connectivity index (χ3v) is 5.23. The predicted octanol–water partition coefficient (Wildman–Crippen LogP) is 5.88. The van der Waals surface area contributed by atoms with E-state index in [1.807, 2.05) is 0 Å². The highest BCUT2D eigenvalue weighted by Gasteiger charge is 2.16. The van der Waals surface area contributed by atoms with Gasteiger partial charge >= 0.3 is 0 Å². The fraction of sp³-hybridized carbons (Fsp3) is 0.111. The lowest BCUT2D eigenvalue weighted by molar-refractivity contribution is -0.115. The number of halogens is 4. The Bertz CT molecular complexity index is 971. The van der Waals surface area contributed by atoms with Crippen LogP contribution < -0.4 is 5.32 Å². The average molecular weight is 413 g/mol. The van der Waals surface area contributed by atoms with Crippen LogP contribution in [0.5, 0.6) is 0 Å². The molecule has 0 radical (unpaired) electrons. The normalized spacial score (nSPS) is 10.8. The molecule has 3 rings (SSSR count). The van der Waals surface area contributed by atoms with Gasteiger partial charge < -0.3 is 5.32 Å². The highest BCUT2D eigenvalue weighted by atomic mass is 35.5. The van der Waals surface area contributed by atoms with Crippen LogP contribution in [-0.4, -0.2) is 10.9 Å². The van der Waals surface area contributed by atoms with Gasteiger partial charge in [0.25, 0.3) is 0 Å². The third-order valence-electron chi connectivity index (χ3n) is 3.64. The molecule has 0 aliphatic rings. The minimum absolute atomic E-state index is 0.00234. The van der Waals surface area contributed by atoms with Gasteiger partial charge in [0, 0.05) is 20.5 Å². The number of anilines is 1. The molecule has 1 heterocycles. The summed E-state index contributed by atoms with van der Waals surface area (Å²) < 4.78 is 26.5. The van der Waals surface area contributed by atoms with Crippen LogP contribution in [0, 0.1) is 18.6 Å². The molecule has 3 aromatic rings. The van der Waals surface area contributed by atoms with Crippen LogP contribution in [0.3, 0.4) is 0 Å². The molecule has 0 unspecified atom stereocenters. The Hall–Kier alpha value is -2.02. The van der Waals surface area contributed by atoms with Gasteiger partial charge in [-0.1, -0.05) is 29.3 Å². The first-order valence-electron chi connectivity index (χ1n) is 7.50. The summed E-state index contributed by atoms with van der Waals surface area (Å²) in [4.78, 5) is 17.3. The van der Waals surface area contributed by atoms with E-state index in [2.05, 4.69) is 10.3 Å². The van der Waals surface area contributed by atoms with Crippen molar-refractivity contribution in [2.75, 3.05) is 5.32 Å². The molecule has 0 saturated heterocycles. The quantitative estimate of drug-likeness (QED) is 0.580. The van der Waals surface area contributed by atoms with E-state index in [4.69, 9.17) is 23.2 Å². The van der Waals surface area contributed by atoms with E-state index >= 15 is 0 Å². The zero-order valence-corrected chi connectivity index (χ0v) is 15.8. The van der Waals surface area contributed by atoms with Gasteiger partial charge in [-0.15, -0.1) is 11.3 Å². The summed E-state index contributed by atoms with van der Waals surface area (Å²) in [6, 6.07) is 8.57. The number of benzene rings is 2. The number of hydrogen-bond donors (Lipinski definition) is 1. The van der Waals surface area contributed by atoms with Crippen molar-refractivity contribution in [1.82, 2.24) is 4.98 Å². The molecular formula is C18H12Cl2F2N2OS. The number of nitrogens with zero attached hydrogens (tertiary/aromatic N) is 1. The SMILES string of the molecule is Cc1sc(NC(=O)Cc2c(Cl)cccc2Cl)nc1-c1ccc(F)c(F)c1. The zero-order chi connectivity index (χ0) is 18.8. The first kappa shape index (κ1) is 18.8. The maximum absolute atomic E-state index is 13.4. The highest BCUT2D eigenvalue weighted by Crippen LogP contribution is 2.31. The molecule has 1 aromatic heterocycles. The number of nitrogens with one attached hydrogen (secondary N) is 1. The largest absolute Gasteiger partial charge is 0.302 e. The Morgan fingerprint density at radius 3 is 2.50 bits per heavy atom. The van der Waals surface area contributed by atoms with Gasteiger partial charge in [-0.3, -0.25) is 4.79 Å². The second-order valence-electron chi connectivity index (χ2n) is 5.48. The smallest absolute Gasteiger partial charge is 0.230 e. The topological polar surface area (TPSA) is 42.0 Å². The van der Waals surface area contributed by atoms with E-state index in [9.17, 15) is 13.6 Å². The van der Waals surface area contributed by atoms with Crippen molar-refractivity contribution in [3.05, 3.63) is 68.5 Å². The van der Waals surface area contributed by atoms with Crippen molar-refractivity contribution >= 4 is 45.6 Å². The summed E-state index contributed by atoms with van der Waals surface area (Å²) >= 11 is 13.4. The molecule has 2 aromatic carbocycles. The van der Waals surface area contributed by atoms with Gasteiger partial charge in [0.15, 0.2) is 16.8 Å². The summed E-state index contributed by atoms with van der Waals surface area (Å²) in [6.07, 6.45) is -0.00234. The van der Waals surface area contributed by atoms with E-state index in [0.29, 0.717) is 32.0 Å². The van der Waals surface area contributed by atoms with Crippen molar-refractivity contribution < 1.29 is 13.6 Å². The zero-order valence-electron chi connectivity index (χ0n) is 13.4. The molecule has 0 aliphatic carbocycles. The van der Waals surface area contributed by atoms with Crippen LogP contribution in [0.2, 0.25) is 10.0 Å². The standard InChI is InChI=1S/C18H12Cl2F2N2OS/c1-9-17(10-5-6-14(21)15(22)7-10)24-18(26-9)23-16(25)8-11-12(19)3-2-4-13(11)20/h2-7H,8H2,1H3,(H,23,24,25). The summed E-state index contributed by atoms with van der Waals surface area (Å²) in [5.74, 6) is -2.20. The highest BCUT2D eigenvalue weighted by molar-refractivity contribution is 7.16. The summed E-state index contributed by atoms with van der Waals surface area (Å²) in [5.41, 5.74) is 1.45. The number of thiazole rings is 1. The minimum Gasteiger partial charge on any atom is -0.302 e. The molecule has 26 heavy (non-hydrogen) atoms. The Morgan fingerprint density at radius 2 is 1.85 bits per heavy atom. The summed E-state index contributed by atoms with van der Waals surface area (Å²) in [5, 5.41) is 3.86. The average Bonchev–Trinajstić information content (AvgIpc) is 2.94. The van der Waals surface area contributed by atoms with Crippen LogP contribution in [0.25, 0.3) is 11.3 Å². The lowest BCUT2D eigenvalue weighted by Gasteiger charge is -2.06. The van der Waals surface area contributed by atoms with Crippen molar-refractivity contribution in [2.45, 2.75) is 13.3 Å². The number of rotatable bonds is 4.